The van der Waals surface area contributed by atoms with Gasteiger partial charge in [-0.15, -0.1) is 0 Å². The summed E-state index contributed by atoms with van der Waals surface area (Å²) < 4.78 is 40.0. The van der Waals surface area contributed by atoms with Crippen LogP contribution in [0.15, 0.2) is 12.1 Å². The quantitative estimate of drug-likeness (QED) is 0.484. The summed E-state index contributed by atoms with van der Waals surface area (Å²) in [4.78, 5) is 26.4. The summed E-state index contributed by atoms with van der Waals surface area (Å²) in [5.41, 5.74) is 0.164. The third-order valence-corrected chi connectivity index (χ3v) is 3.52. The fourth-order valence-corrected chi connectivity index (χ4v) is 2.27. The summed E-state index contributed by atoms with van der Waals surface area (Å²) in [6.45, 7) is -0.465. The van der Waals surface area contributed by atoms with Crippen molar-refractivity contribution in [2.24, 2.45) is 0 Å². The standard InChI is InChI=1S/C12H13FN2O5S/c1-21(18,19)20-6-7-2-4-9(14-11(7)13)8-3-5-10(16)15-12(8)17/h2,4,8H,3,5-6H2,1H3,(H,15,16,17). The molecule has 1 N–H and O–H groups in total. The van der Waals surface area contributed by atoms with Crippen molar-refractivity contribution >= 4 is 21.9 Å². The Hall–Kier alpha value is -1.87. The van der Waals surface area contributed by atoms with E-state index >= 15 is 0 Å². The molecule has 0 aliphatic carbocycles. The zero-order valence-corrected chi connectivity index (χ0v) is 11.9. The normalized spacial score (nSPS) is 19.4. The molecular weight excluding hydrogens is 303 g/mol. The van der Waals surface area contributed by atoms with Crippen molar-refractivity contribution in [1.82, 2.24) is 10.3 Å². The molecule has 1 aliphatic rings. The van der Waals surface area contributed by atoms with E-state index < -0.39 is 34.5 Å². The Morgan fingerprint density at radius 1 is 1.43 bits per heavy atom. The lowest BCUT2D eigenvalue weighted by molar-refractivity contribution is -0.134. The van der Waals surface area contributed by atoms with Gasteiger partial charge in [-0.3, -0.25) is 19.1 Å². The first-order chi connectivity index (χ1) is 9.76. The number of carbonyl (C=O) groups excluding carboxylic acids is 2. The predicted octanol–water partition coefficient (Wildman–Crippen LogP) is 0.217. The first kappa shape index (κ1) is 15.5. The van der Waals surface area contributed by atoms with Gasteiger partial charge in [0.1, 0.15) is 0 Å². The largest absolute Gasteiger partial charge is 0.296 e. The van der Waals surface area contributed by atoms with Crippen molar-refractivity contribution in [3.63, 3.8) is 0 Å². The number of pyridine rings is 1. The topological polar surface area (TPSA) is 102 Å². The molecule has 1 aliphatic heterocycles. The van der Waals surface area contributed by atoms with E-state index in [0.717, 1.165) is 6.26 Å². The molecule has 0 spiro atoms. The Bertz CT molecular complexity index is 689. The minimum Gasteiger partial charge on any atom is -0.296 e. The van der Waals surface area contributed by atoms with Crippen LogP contribution in [-0.4, -0.2) is 31.5 Å². The molecular formula is C12H13FN2O5S. The highest BCUT2D eigenvalue weighted by molar-refractivity contribution is 7.85. The molecule has 0 aromatic carbocycles. The lowest BCUT2D eigenvalue weighted by atomic mass is 9.94. The second-order valence-electron chi connectivity index (χ2n) is 4.66. The van der Waals surface area contributed by atoms with Gasteiger partial charge in [-0.25, -0.2) is 4.98 Å². The molecule has 1 atom stereocenters. The molecule has 0 radical (unpaired) electrons. The van der Waals surface area contributed by atoms with Gasteiger partial charge in [0.15, 0.2) is 0 Å². The first-order valence-electron chi connectivity index (χ1n) is 6.09. The van der Waals surface area contributed by atoms with Gasteiger partial charge in [0.2, 0.25) is 17.8 Å². The van der Waals surface area contributed by atoms with Crippen molar-refractivity contribution in [1.29, 1.82) is 0 Å². The molecule has 9 heteroatoms. The van der Waals surface area contributed by atoms with E-state index in [-0.39, 0.29) is 30.0 Å². The predicted molar refractivity (Wildman–Crippen MR) is 69.0 cm³/mol. The van der Waals surface area contributed by atoms with Crippen LogP contribution in [0.1, 0.15) is 30.0 Å². The molecule has 7 nitrogen and oxygen atoms in total. The highest BCUT2D eigenvalue weighted by atomic mass is 32.2. The van der Waals surface area contributed by atoms with Gasteiger partial charge >= 0.3 is 0 Å². The number of rotatable bonds is 4. The highest BCUT2D eigenvalue weighted by Crippen LogP contribution is 2.24. The fourth-order valence-electron chi connectivity index (χ4n) is 1.93. The number of aromatic nitrogens is 1. The van der Waals surface area contributed by atoms with Gasteiger partial charge in [0.25, 0.3) is 10.1 Å². The van der Waals surface area contributed by atoms with Gasteiger partial charge in [0.05, 0.1) is 24.5 Å². The van der Waals surface area contributed by atoms with Gasteiger partial charge < -0.3 is 0 Å². The number of nitrogens with one attached hydrogen (secondary N) is 1. The molecule has 1 saturated heterocycles. The average Bonchev–Trinajstić information content (AvgIpc) is 2.36. The monoisotopic (exact) mass is 316 g/mol. The van der Waals surface area contributed by atoms with E-state index in [4.69, 9.17) is 0 Å². The molecule has 2 rings (SSSR count). The van der Waals surface area contributed by atoms with Crippen molar-refractivity contribution < 1.29 is 26.6 Å². The number of amides is 2. The van der Waals surface area contributed by atoms with E-state index in [2.05, 4.69) is 14.5 Å². The Morgan fingerprint density at radius 2 is 2.14 bits per heavy atom. The lowest BCUT2D eigenvalue weighted by Gasteiger charge is -2.20. The smallest absolute Gasteiger partial charge is 0.264 e. The number of carbonyl (C=O) groups is 2. The number of imide groups is 1. The summed E-state index contributed by atoms with van der Waals surface area (Å²) in [5.74, 6) is -2.48. The molecule has 0 bridgehead atoms. The van der Waals surface area contributed by atoms with Crippen LogP contribution in [-0.2, 0) is 30.5 Å². The molecule has 1 aromatic rings. The maximum atomic E-state index is 13.8. The van der Waals surface area contributed by atoms with Crippen LogP contribution in [0.3, 0.4) is 0 Å². The molecule has 0 saturated carbocycles. The van der Waals surface area contributed by atoms with Crippen molar-refractivity contribution in [3.8, 4) is 0 Å². The van der Waals surface area contributed by atoms with Crippen LogP contribution < -0.4 is 5.32 Å². The number of hydrogen-bond acceptors (Lipinski definition) is 6. The SMILES string of the molecule is CS(=O)(=O)OCc1ccc(C2CCC(=O)NC2=O)nc1F. The zero-order chi connectivity index (χ0) is 15.6. The van der Waals surface area contributed by atoms with Crippen molar-refractivity contribution in [2.75, 3.05) is 6.26 Å². The third-order valence-electron chi connectivity index (χ3n) is 2.97. The Kier molecular flexibility index (Phi) is 4.33. The van der Waals surface area contributed by atoms with Gasteiger partial charge in [-0.2, -0.15) is 12.8 Å². The Balaban J connectivity index is 2.15. The number of piperidine rings is 1. The zero-order valence-electron chi connectivity index (χ0n) is 11.1. The third kappa shape index (κ3) is 4.05. The number of halogens is 1. The van der Waals surface area contributed by atoms with E-state index in [1.54, 1.807) is 0 Å². The number of hydrogen-bond donors (Lipinski definition) is 1. The summed E-state index contributed by atoms with van der Waals surface area (Å²) in [5, 5.41) is 2.16. The molecule has 1 fully saturated rings. The lowest BCUT2D eigenvalue weighted by Crippen LogP contribution is -2.39. The molecule has 21 heavy (non-hydrogen) atoms. The van der Waals surface area contributed by atoms with Crippen LogP contribution in [0, 0.1) is 5.95 Å². The van der Waals surface area contributed by atoms with Crippen LogP contribution >= 0.6 is 0 Å². The van der Waals surface area contributed by atoms with Crippen LogP contribution in [0.2, 0.25) is 0 Å². The second-order valence-corrected chi connectivity index (χ2v) is 6.30. The van der Waals surface area contributed by atoms with Crippen LogP contribution in [0.25, 0.3) is 0 Å². The van der Waals surface area contributed by atoms with E-state index in [0.29, 0.717) is 0 Å². The van der Waals surface area contributed by atoms with E-state index in [9.17, 15) is 22.4 Å². The summed E-state index contributed by atoms with van der Waals surface area (Å²) >= 11 is 0. The molecule has 2 heterocycles. The maximum Gasteiger partial charge on any atom is 0.264 e. The van der Waals surface area contributed by atoms with Gasteiger partial charge in [-0.1, -0.05) is 6.07 Å². The summed E-state index contributed by atoms with van der Waals surface area (Å²) in [7, 11) is -3.68. The molecule has 1 unspecified atom stereocenters. The second kappa shape index (κ2) is 5.86. The first-order valence-corrected chi connectivity index (χ1v) is 7.91. The Morgan fingerprint density at radius 3 is 2.71 bits per heavy atom. The van der Waals surface area contributed by atoms with Crippen LogP contribution in [0.5, 0.6) is 0 Å². The minimum absolute atomic E-state index is 0.0310. The molecule has 114 valence electrons. The number of nitrogens with zero attached hydrogens (tertiary/aromatic N) is 1. The summed E-state index contributed by atoms with van der Waals surface area (Å²) in [6.07, 6.45) is 1.28. The van der Waals surface area contributed by atoms with Crippen molar-refractivity contribution in [3.05, 3.63) is 29.3 Å². The highest BCUT2D eigenvalue weighted by Gasteiger charge is 2.29. The van der Waals surface area contributed by atoms with Gasteiger partial charge in [0, 0.05) is 12.0 Å². The van der Waals surface area contributed by atoms with Crippen LogP contribution in [0.4, 0.5) is 4.39 Å². The molecule has 1 aromatic heterocycles. The van der Waals surface area contributed by atoms with E-state index in [1.165, 1.54) is 12.1 Å². The summed E-state index contributed by atoms with van der Waals surface area (Å²) in [6, 6.07) is 2.73. The molecule has 2 amide bonds. The fraction of sp³-hybridized carbons (Fsp3) is 0.417. The van der Waals surface area contributed by atoms with Crippen molar-refractivity contribution in [2.45, 2.75) is 25.4 Å². The average molecular weight is 316 g/mol. The Labute approximate surface area is 120 Å². The maximum absolute atomic E-state index is 13.8. The minimum atomic E-state index is -3.68. The van der Waals surface area contributed by atoms with Gasteiger partial charge in [-0.05, 0) is 12.5 Å². The van der Waals surface area contributed by atoms with E-state index in [1.807, 2.05) is 0 Å².